The van der Waals surface area contributed by atoms with Gasteiger partial charge in [-0.15, -0.1) is 0 Å². The summed E-state index contributed by atoms with van der Waals surface area (Å²) in [7, 11) is 0. The predicted octanol–water partition coefficient (Wildman–Crippen LogP) is 2.58. The molecule has 1 fully saturated rings. The molecule has 1 saturated heterocycles. The highest BCUT2D eigenvalue weighted by Gasteiger charge is 2.35. The molecule has 1 atom stereocenters. The molecule has 2 aliphatic rings. The third-order valence-corrected chi connectivity index (χ3v) is 3.40. The fraction of sp³-hybridized carbons (Fsp3) is 0.769. The molecule has 0 radical (unpaired) electrons. The third-order valence-electron chi connectivity index (χ3n) is 3.40. The van der Waals surface area contributed by atoms with E-state index in [1.165, 1.54) is 12.8 Å². The van der Waals surface area contributed by atoms with Crippen LogP contribution in [-0.2, 0) is 4.79 Å². The fourth-order valence-corrected chi connectivity index (χ4v) is 2.56. The Bertz CT molecular complexity index is 263. The van der Waals surface area contributed by atoms with E-state index in [2.05, 4.69) is 5.32 Å². The van der Waals surface area contributed by atoms with E-state index >= 15 is 0 Å². The molecule has 0 aromatic rings. The Balaban J connectivity index is 0.000000606. The van der Waals surface area contributed by atoms with Crippen molar-refractivity contribution in [1.82, 2.24) is 5.32 Å². The van der Waals surface area contributed by atoms with Crippen LogP contribution in [0.4, 0.5) is 0 Å². The van der Waals surface area contributed by atoms with Crippen molar-refractivity contribution < 1.29 is 9.90 Å². The molecule has 0 aromatic carbocycles. The van der Waals surface area contributed by atoms with Crippen molar-refractivity contribution in [3.05, 3.63) is 11.6 Å². The Morgan fingerprint density at radius 1 is 1.38 bits per heavy atom. The first kappa shape index (κ1) is 13.2. The average Bonchev–Trinajstić information content (AvgIpc) is 2.56. The molecular weight excluding hydrogens is 202 g/mol. The van der Waals surface area contributed by atoms with Gasteiger partial charge in [0.25, 0.3) is 0 Å². The van der Waals surface area contributed by atoms with Crippen molar-refractivity contribution in [3.8, 4) is 0 Å². The van der Waals surface area contributed by atoms with E-state index in [0.29, 0.717) is 5.57 Å². The summed E-state index contributed by atoms with van der Waals surface area (Å²) < 4.78 is 0. The number of carbonyl (C=O) groups is 1. The zero-order chi connectivity index (χ0) is 12.0. The first-order valence-electron chi connectivity index (χ1n) is 6.38. The molecule has 2 N–H and O–H groups in total. The maximum atomic E-state index is 10.8. The maximum Gasteiger partial charge on any atom is 0.331 e. The smallest absolute Gasteiger partial charge is 0.331 e. The number of carboxylic acid groups (broad SMARTS) is 1. The monoisotopic (exact) mass is 225 g/mol. The lowest BCUT2D eigenvalue weighted by molar-refractivity contribution is -0.132. The molecule has 0 aromatic heterocycles. The largest absolute Gasteiger partial charge is 0.478 e. The maximum absolute atomic E-state index is 10.8. The first-order chi connectivity index (χ1) is 7.72. The van der Waals surface area contributed by atoms with Gasteiger partial charge in [0.05, 0.1) is 0 Å². The summed E-state index contributed by atoms with van der Waals surface area (Å²) >= 11 is 0. The molecule has 0 bridgehead atoms. The van der Waals surface area contributed by atoms with Crippen LogP contribution in [0.5, 0.6) is 0 Å². The summed E-state index contributed by atoms with van der Waals surface area (Å²) in [5.41, 5.74) is 0.776. The molecule has 1 spiro atoms. The minimum absolute atomic E-state index is 0.157. The molecule has 1 unspecified atom stereocenters. The number of hydrogen-bond donors (Lipinski definition) is 2. The lowest BCUT2D eigenvalue weighted by Crippen LogP contribution is -2.29. The lowest BCUT2D eigenvalue weighted by Gasteiger charge is -2.24. The molecule has 1 aliphatic carbocycles. The van der Waals surface area contributed by atoms with E-state index in [1.807, 2.05) is 19.9 Å². The molecule has 16 heavy (non-hydrogen) atoms. The number of nitrogens with one attached hydrogen (secondary N) is 1. The normalized spacial score (nSPS) is 29.0. The summed E-state index contributed by atoms with van der Waals surface area (Å²) in [4.78, 5) is 10.8. The predicted molar refractivity (Wildman–Crippen MR) is 65.5 cm³/mol. The molecule has 2 rings (SSSR count). The Hall–Kier alpha value is -0.830. The van der Waals surface area contributed by atoms with Crippen LogP contribution in [0, 0.1) is 5.41 Å². The van der Waals surface area contributed by atoms with Gasteiger partial charge in [0, 0.05) is 17.5 Å². The molecular formula is C13H23NO2. The Kier molecular flexibility index (Phi) is 5.00. The number of rotatable bonds is 1. The second-order valence-electron chi connectivity index (χ2n) is 4.47. The number of aliphatic carboxylic acids is 1. The zero-order valence-corrected chi connectivity index (χ0v) is 10.4. The Labute approximate surface area is 97.9 Å². The highest BCUT2D eigenvalue weighted by atomic mass is 16.4. The zero-order valence-electron chi connectivity index (χ0n) is 10.4. The van der Waals surface area contributed by atoms with Gasteiger partial charge in [-0.05, 0) is 32.2 Å². The van der Waals surface area contributed by atoms with Crippen molar-refractivity contribution in [2.24, 2.45) is 5.41 Å². The van der Waals surface area contributed by atoms with Crippen LogP contribution in [0.2, 0.25) is 0 Å². The van der Waals surface area contributed by atoms with Gasteiger partial charge in [-0.3, -0.25) is 0 Å². The van der Waals surface area contributed by atoms with Crippen LogP contribution >= 0.6 is 0 Å². The summed E-state index contributed by atoms with van der Waals surface area (Å²) in [5, 5.41) is 12.3. The summed E-state index contributed by atoms with van der Waals surface area (Å²) in [5.74, 6) is -0.730. The summed E-state index contributed by atoms with van der Waals surface area (Å²) in [6.45, 7) is 6.04. The van der Waals surface area contributed by atoms with Crippen LogP contribution in [0.15, 0.2) is 11.6 Å². The molecule has 1 aliphatic heterocycles. The van der Waals surface area contributed by atoms with Crippen LogP contribution in [-0.4, -0.2) is 24.2 Å². The van der Waals surface area contributed by atoms with E-state index in [1.54, 1.807) is 0 Å². The molecule has 3 nitrogen and oxygen atoms in total. The van der Waals surface area contributed by atoms with E-state index < -0.39 is 5.97 Å². The van der Waals surface area contributed by atoms with Gasteiger partial charge in [0.1, 0.15) is 0 Å². The van der Waals surface area contributed by atoms with Crippen molar-refractivity contribution in [2.75, 3.05) is 13.1 Å². The molecule has 1 heterocycles. The van der Waals surface area contributed by atoms with E-state index in [4.69, 9.17) is 5.11 Å². The SMILES string of the molecule is CC.O=C(O)C1=CC2(CCCCNC2)CC1. The molecule has 0 amide bonds. The van der Waals surface area contributed by atoms with Crippen LogP contribution in [0.25, 0.3) is 0 Å². The summed E-state index contributed by atoms with van der Waals surface area (Å²) in [6, 6.07) is 0. The standard InChI is InChI=1S/C11H17NO2.C2H6/c13-10(14)9-3-5-11(7-9)4-1-2-6-12-8-11;1-2/h7,12H,1-6,8H2,(H,13,14);1-2H3. The first-order valence-corrected chi connectivity index (χ1v) is 6.38. The van der Waals surface area contributed by atoms with Crippen LogP contribution in [0.3, 0.4) is 0 Å². The van der Waals surface area contributed by atoms with Gasteiger partial charge in [-0.2, -0.15) is 0 Å². The second kappa shape index (κ2) is 6.04. The minimum Gasteiger partial charge on any atom is -0.478 e. The van der Waals surface area contributed by atoms with Gasteiger partial charge < -0.3 is 10.4 Å². The number of carboxylic acids is 1. The van der Waals surface area contributed by atoms with Crippen molar-refractivity contribution in [1.29, 1.82) is 0 Å². The number of hydrogen-bond acceptors (Lipinski definition) is 2. The van der Waals surface area contributed by atoms with Crippen molar-refractivity contribution in [3.63, 3.8) is 0 Å². The van der Waals surface area contributed by atoms with Crippen molar-refractivity contribution >= 4 is 5.97 Å². The average molecular weight is 225 g/mol. The molecule has 0 saturated carbocycles. The quantitative estimate of drug-likeness (QED) is 0.721. The fourth-order valence-electron chi connectivity index (χ4n) is 2.56. The second-order valence-corrected chi connectivity index (χ2v) is 4.47. The van der Waals surface area contributed by atoms with Gasteiger partial charge in [-0.25, -0.2) is 4.79 Å². The minimum atomic E-state index is -0.730. The molecule has 92 valence electrons. The summed E-state index contributed by atoms with van der Waals surface area (Å²) in [6.07, 6.45) is 7.36. The van der Waals surface area contributed by atoms with Gasteiger partial charge in [-0.1, -0.05) is 26.3 Å². The lowest BCUT2D eigenvalue weighted by atomic mass is 9.83. The highest BCUT2D eigenvalue weighted by molar-refractivity contribution is 5.87. The van der Waals surface area contributed by atoms with Gasteiger partial charge >= 0.3 is 5.97 Å². The van der Waals surface area contributed by atoms with Gasteiger partial charge in [0.2, 0.25) is 0 Å². The van der Waals surface area contributed by atoms with E-state index in [-0.39, 0.29) is 5.41 Å². The third kappa shape index (κ3) is 3.08. The van der Waals surface area contributed by atoms with E-state index in [0.717, 1.165) is 32.4 Å². The van der Waals surface area contributed by atoms with Gasteiger partial charge in [0.15, 0.2) is 0 Å². The highest BCUT2D eigenvalue weighted by Crippen LogP contribution is 2.40. The van der Waals surface area contributed by atoms with Crippen LogP contribution < -0.4 is 5.32 Å². The Morgan fingerprint density at radius 2 is 2.12 bits per heavy atom. The Morgan fingerprint density at radius 3 is 2.75 bits per heavy atom. The topological polar surface area (TPSA) is 49.3 Å². The molecule has 3 heteroatoms. The van der Waals surface area contributed by atoms with Crippen molar-refractivity contribution in [2.45, 2.75) is 46.0 Å². The van der Waals surface area contributed by atoms with Crippen LogP contribution in [0.1, 0.15) is 46.0 Å². The van der Waals surface area contributed by atoms with E-state index in [9.17, 15) is 4.79 Å².